The van der Waals surface area contributed by atoms with Crippen molar-refractivity contribution in [2.24, 2.45) is 12.8 Å². The number of aromatic nitrogens is 5. The minimum Gasteiger partial charge on any atom is -0.346 e. The summed E-state index contributed by atoms with van der Waals surface area (Å²) < 4.78 is 16.4. The third-order valence-corrected chi connectivity index (χ3v) is 6.94. The van der Waals surface area contributed by atoms with Gasteiger partial charge >= 0.3 is 0 Å². The van der Waals surface area contributed by atoms with Crippen molar-refractivity contribution in [2.75, 3.05) is 4.90 Å². The van der Waals surface area contributed by atoms with E-state index < -0.39 is 12.2 Å². The van der Waals surface area contributed by atoms with Crippen LogP contribution in [0.25, 0.3) is 33.2 Å². The summed E-state index contributed by atoms with van der Waals surface area (Å²) in [6, 6.07) is 3.52. The highest BCUT2D eigenvalue weighted by Gasteiger charge is 2.47. The van der Waals surface area contributed by atoms with Crippen LogP contribution in [0.1, 0.15) is 19.3 Å². The van der Waals surface area contributed by atoms with E-state index >= 15 is 0 Å². The zero-order valence-electron chi connectivity index (χ0n) is 16.4. The van der Waals surface area contributed by atoms with Crippen molar-refractivity contribution in [1.82, 2.24) is 24.7 Å². The van der Waals surface area contributed by atoms with Crippen LogP contribution in [-0.4, -0.2) is 49.0 Å². The zero-order chi connectivity index (χ0) is 20.6. The van der Waals surface area contributed by atoms with Crippen LogP contribution in [0.4, 0.5) is 10.2 Å². The van der Waals surface area contributed by atoms with Crippen LogP contribution >= 0.6 is 11.6 Å². The van der Waals surface area contributed by atoms with Crippen molar-refractivity contribution in [3.05, 3.63) is 35.7 Å². The Hall–Kier alpha value is -2.71. The normalized spacial score (nSPS) is 26.2. The molecule has 4 aromatic rings. The third kappa shape index (κ3) is 2.50. The lowest BCUT2D eigenvalue weighted by molar-refractivity contribution is 0.203. The Balaban J connectivity index is 1.42. The molecule has 0 radical (unpaired) electrons. The summed E-state index contributed by atoms with van der Waals surface area (Å²) in [5.74, 6) is 0.701. The zero-order valence-corrected chi connectivity index (χ0v) is 17.1. The van der Waals surface area contributed by atoms with Gasteiger partial charge in [0.2, 0.25) is 0 Å². The molecular weight excluding hydrogens is 405 g/mol. The Morgan fingerprint density at radius 1 is 1.27 bits per heavy atom. The second-order valence-electron chi connectivity index (χ2n) is 8.34. The van der Waals surface area contributed by atoms with E-state index in [1.165, 1.54) is 0 Å². The molecule has 0 saturated carbocycles. The Labute approximate surface area is 177 Å². The first kappa shape index (κ1) is 18.1. The lowest BCUT2D eigenvalue weighted by atomic mass is 9.96. The maximum absolute atomic E-state index is 14.7. The van der Waals surface area contributed by atoms with Crippen molar-refractivity contribution in [2.45, 2.75) is 43.6 Å². The molecule has 2 bridgehead atoms. The van der Waals surface area contributed by atoms with Crippen LogP contribution in [0.5, 0.6) is 0 Å². The van der Waals surface area contributed by atoms with Gasteiger partial charge in [0.05, 0.1) is 22.8 Å². The number of rotatable bonds is 2. The van der Waals surface area contributed by atoms with Gasteiger partial charge in [0.25, 0.3) is 0 Å². The Morgan fingerprint density at radius 3 is 3.00 bits per heavy atom. The van der Waals surface area contributed by atoms with Crippen molar-refractivity contribution in [3.8, 4) is 11.1 Å². The minimum atomic E-state index is -1.04. The number of nitrogens with zero attached hydrogens (tertiary/aromatic N) is 5. The molecular formula is C21H21ClFN7. The van der Waals surface area contributed by atoms with E-state index in [0.29, 0.717) is 22.9 Å². The number of nitrogens with two attached hydrogens (primary N) is 1. The molecule has 3 aromatic heterocycles. The van der Waals surface area contributed by atoms with E-state index in [0.717, 1.165) is 40.4 Å². The average molecular weight is 426 g/mol. The number of fused-ring (bicyclic) bond motifs is 4. The van der Waals surface area contributed by atoms with Gasteiger partial charge in [-0.3, -0.25) is 4.68 Å². The quantitative estimate of drug-likeness (QED) is 0.512. The molecule has 4 atom stereocenters. The Kier molecular flexibility index (Phi) is 3.85. The smallest absolute Gasteiger partial charge is 0.159 e. The van der Waals surface area contributed by atoms with E-state index in [4.69, 9.17) is 27.3 Å². The monoisotopic (exact) mass is 425 g/mol. The SMILES string of the molecule is Cn1cc2c(Cl)c(-c3c[nH]c4nc(N5[C@H]6CC[C@@H]5[C@@H](F)[C@H](N)C6)cnc34)ccc2n1. The topological polar surface area (TPSA) is 88.7 Å². The van der Waals surface area contributed by atoms with Gasteiger partial charge in [0.15, 0.2) is 5.65 Å². The standard InChI is InChI=1S/C21H21ClFN7/c1-29-9-13-15(28-29)4-3-11(18(13)22)12-7-26-21-20(12)25-8-17(27-21)30-10-2-5-16(30)19(23)14(24)6-10/h3-4,7-10,14,16,19H,2,5-6,24H2,1H3,(H,26,27)/t10-,14+,16+,19-/m0/s1. The fraction of sp³-hybridized carbons (Fsp3) is 0.381. The number of hydrogen-bond donors (Lipinski definition) is 2. The van der Waals surface area contributed by atoms with Crippen molar-refractivity contribution < 1.29 is 4.39 Å². The molecule has 0 unspecified atom stereocenters. The fourth-order valence-corrected chi connectivity index (χ4v) is 5.46. The second kappa shape index (κ2) is 6.39. The number of aromatic amines is 1. The molecule has 0 spiro atoms. The molecule has 30 heavy (non-hydrogen) atoms. The van der Waals surface area contributed by atoms with Gasteiger partial charge in [-0.2, -0.15) is 5.10 Å². The maximum atomic E-state index is 14.7. The highest BCUT2D eigenvalue weighted by atomic mass is 35.5. The van der Waals surface area contributed by atoms with Crippen molar-refractivity contribution in [1.29, 1.82) is 0 Å². The average Bonchev–Trinajstić information content (AvgIpc) is 3.41. The van der Waals surface area contributed by atoms with E-state index in [-0.39, 0.29) is 12.1 Å². The maximum Gasteiger partial charge on any atom is 0.159 e. The lowest BCUT2D eigenvalue weighted by Gasteiger charge is -2.40. The van der Waals surface area contributed by atoms with E-state index in [2.05, 4.69) is 15.0 Å². The number of nitrogens with one attached hydrogen (secondary N) is 1. The molecule has 0 amide bonds. The van der Waals surface area contributed by atoms with Gasteiger partial charge in [-0.05, 0) is 25.3 Å². The van der Waals surface area contributed by atoms with Crippen LogP contribution in [-0.2, 0) is 7.05 Å². The largest absolute Gasteiger partial charge is 0.346 e. The summed E-state index contributed by atoms with van der Waals surface area (Å²) in [5, 5.41) is 5.93. The number of anilines is 1. The molecule has 3 N–H and O–H groups in total. The Bertz CT molecular complexity index is 1280. The Morgan fingerprint density at radius 2 is 2.13 bits per heavy atom. The molecule has 9 heteroatoms. The van der Waals surface area contributed by atoms with Crippen molar-refractivity contribution >= 4 is 39.5 Å². The molecule has 2 aliphatic rings. The number of halogens is 2. The molecule has 1 aromatic carbocycles. The molecule has 5 heterocycles. The summed E-state index contributed by atoms with van der Waals surface area (Å²) in [5.41, 5.74) is 9.99. The first-order chi connectivity index (χ1) is 14.5. The minimum absolute atomic E-state index is 0.220. The van der Waals surface area contributed by atoms with E-state index in [1.54, 1.807) is 10.9 Å². The van der Waals surface area contributed by atoms with Crippen LogP contribution in [0.3, 0.4) is 0 Å². The van der Waals surface area contributed by atoms with Crippen LogP contribution < -0.4 is 10.6 Å². The summed E-state index contributed by atoms with van der Waals surface area (Å²) in [7, 11) is 1.87. The van der Waals surface area contributed by atoms with Gasteiger partial charge < -0.3 is 15.6 Å². The highest BCUT2D eigenvalue weighted by molar-refractivity contribution is 6.38. The van der Waals surface area contributed by atoms with Gasteiger partial charge in [0, 0.05) is 48.0 Å². The molecule has 2 aliphatic heterocycles. The molecule has 2 fully saturated rings. The molecule has 6 rings (SSSR count). The molecule has 7 nitrogen and oxygen atoms in total. The van der Waals surface area contributed by atoms with Gasteiger partial charge in [0.1, 0.15) is 17.5 Å². The van der Waals surface area contributed by atoms with Crippen molar-refractivity contribution in [3.63, 3.8) is 0 Å². The first-order valence-electron chi connectivity index (χ1n) is 10.2. The van der Waals surface area contributed by atoms with Crippen LogP contribution in [0.15, 0.2) is 30.7 Å². The fourth-order valence-electron chi connectivity index (χ4n) is 5.15. The molecule has 0 aliphatic carbocycles. The lowest BCUT2D eigenvalue weighted by Crippen LogP contribution is -2.55. The number of piperidine rings is 1. The van der Waals surface area contributed by atoms with Gasteiger partial charge in [-0.25, -0.2) is 14.4 Å². The van der Waals surface area contributed by atoms with E-state index in [9.17, 15) is 4.39 Å². The highest BCUT2D eigenvalue weighted by Crippen LogP contribution is 2.41. The van der Waals surface area contributed by atoms with E-state index in [1.807, 2.05) is 31.6 Å². The van der Waals surface area contributed by atoms with Crippen LogP contribution in [0, 0.1) is 0 Å². The number of benzene rings is 1. The van der Waals surface area contributed by atoms with Gasteiger partial charge in [-0.15, -0.1) is 0 Å². The molecule has 154 valence electrons. The predicted molar refractivity (Wildman–Crippen MR) is 115 cm³/mol. The third-order valence-electron chi connectivity index (χ3n) is 6.53. The molecule has 2 saturated heterocycles. The summed E-state index contributed by atoms with van der Waals surface area (Å²) in [6.07, 6.45) is 6.87. The second-order valence-corrected chi connectivity index (χ2v) is 8.72. The summed E-state index contributed by atoms with van der Waals surface area (Å²) >= 11 is 6.70. The number of H-pyrrole nitrogens is 1. The summed E-state index contributed by atoms with van der Waals surface area (Å²) in [6.45, 7) is 0. The predicted octanol–water partition coefficient (Wildman–Crippen LogP) is 3.57. The van der Waals surface area contributed by atoms with Gasteiger partial charge in [-0.1, -0.05) is 17.7 Å². The number of hydrogen-bond acceptors (Lipinski definition) is 5. The number of aryl methyl sites for hydroxylation is 1. The summed E-state index contributed by atoms with van der Waals surface area (Å²) in [4.78, 5) is 14.8. The van der Waals surface area contributed by atoms with Crippen LogP contribution in [0.2, 0.25) is 5.02 Å². The first-order valence-corrected chi connectivity index (χ1v) is 10.5. The number of alkyl halides is 1.